The van der Waals surface area contributed by atoms with E-state index in [0.29, 0.717) is 16.9 Å². The Bertz CT molecular complexity index is 302. The Balaban J connectivity index is 2.09. The number of nitrogens with zero attached hydrogens (tertiary/aromatic N) is 1. The molecule has 1 heterocycles. The van der Waals surface area contributed by atoms with E-state index in [1.165, 1.54) is 0 Å². The van der Waals surface area contributed by atoms with Gasteiger partial charge in [0.05, 0.1) is 6.04 Å². The Morgan fingerprint density at radius 3 is 2.00 bits per heavy atom. The van der Waals surface area contributed by atoms with Gasteiger partial charge in [0.2, 0.25) is 0 Å². The molecular formula is C12H22N2S. The normalized spacial score (nSPS) is 34.1. The second kappa shape index (κ2) is 2.93. The predicted octanol–water partition coefficient (Wildman–Crippen LogP) is 2.89. The average molecular weight is 226 g/mol. The highest BCUT2D eigenvalue weighted by molar-refractivity contribution is 8.14. The van der Waals surface area contributed by atoms with Gasteiger partial charge >= 0.3 is 0 Å². The first-order valence-corrected chi connectivity index (χ1v) is 6.64. The standard InChI is InChI=1S/C12H22N2S/c1-10(2)7-15-9(14-10)13-8-11(3,4)12(8,5)6/h8H,7H2,1-6H3,(H,13,14). The zero-order valence-corrected chi connectivity index (χ0v) is 11.5. The molecule has 15 heavy (non-hydrogen) atoms. The van der Waals surface area contributed by atoms with Crippen molar-refractivity contribution >= 4 is 16.9 Å². The molecule has 0 amide bonds. The Hall–Kier alpha value is -0.180. The molecule has 0 bridgehead atoms. The summed E-state index contributed by atoms with van der Waals surface area (Å²) in [6, 6.07) is 0.480. The topological polar surface area (TPSA) is 24.4 Å². The summed E-state index contributed by atoms with van der Waals surface area (Å²) in [6.45, 7) is 13.7. The van der Waals surface area contributed by atoms with Crippen molar-refractivity contribution in [3.8, 4) is 0 Å². The molecular weight excluding hydrogens is 204 g/mol. The zero-order valence-electron chi connectivity index (χ0n) is 10.6. The smallest absolute Gasteiger partial charge is 0.157 e. The van der Waals surface area contributed by atoms with E-state index in [1.807, 2.05) is 11.8 Å². The monoisotopic (exact) mass is 226 g/mol. The van der Waals surface area contributed by atoms with Crippen LogP contribution in [0, 0.1) is 10.8 Å². The first-order chi connectivity index (χ1) is 6.67. The van der Waals surface area contributed by atoms with Gasteiger partial charge in [-0.1, -0.05) is 39.5 Å². The first kappa shape index (κ1) is 11.3. The summed E-state index contributed by atoms with van der Waals surface area (Å²) < 4.78 is 0. The van der Waals surface area contributed by atoms with Gasteiger partial charge in [-0.3, -0.25) is 4.99 Å². The van der Waals surface area contributed by atoms with Crippen LogP contribution in [0.15, 0.2) is 4.99 Å². The van der Waals surface area contributed by atoms with Crippen LogP contribution >= 0.6 is 11.8 Å². The molecule has 0 spiro atoms. The van der Waals surface area contributed by atoms with E-state index in [2.05, 4.69) is 46.9 Å². The molecule has 0 atom stereocenters. The van der Waals surface area contributed by atoms with Crippen LogP contribution in [0.3, 0.4) is 0 Å². The van der Waals surface area contributed by atoms with Crippen LogP contribution in [-0.4, -0.2) is 22.5 Å². The van der Waals surface area contributed by atoms with Crippen LogP contribution in [0.4, 0.5) is 0 Å². The van der Waals surface area contributed by atoms with Gasteiger partial charge in [-0.15, -0.1) is 0 Å². The molecule has 86 valence electrons. The van der Waals surface area contributed by atoms with Crippen LogP contribution < -0.4 is 5.32 Å². The van der Waals surface area contributed by atoms with Gasteiger partial charge < -0.3 is 5.32 Å². The highest BCUT2D eigenvalue weighted by Crippen LogP contribution is 2.64. The second-order valence-corrected chi connectivity index (χ2v) is 7.54. The SMILES string of the molecule is CC1(C)CSC(=NC2C(C)(C)C2(C)C)N1. The van der Waals surface area contributed by atoms with Crippen LogP contribution in [-0.2, 0) is 0 Å². The van der Waals surface area contributed by atoms with Gasteiger partial charge in [0.1, 0.15) is 0 Å². The van der Waals surface area contributed by atoms with E-state index in [1.54, 1.807) is 0 Å². The molecule has 2 nitrogen and oxygen atoms in total. The Kier molecular flexibility index (Phi) is 2.21. The van der Waals surface area contributed by atoms with Gasteiger partial charge in [0.15, 0.2) is 5.17 Å². The van der Waals surface area contributed by atoms with Crippen LogP contribution in [0.2, 0.25) is 0 Å². The molecule has 1 aliphatic carbocycles. The number of hydrogen-bond donors (Lipinski definition) is 1. The molecule has 2 rings (SSSR count). The number of amidine groups is 1. The summed E-state index contributed by atoms with van der Waals surface area (Å²) in [6.07, 6.45) is 0. The largest absolute Gasteiger partial charge is 0.359 e. The lowest BCUT2D eigenvalue weighted by molar-refractivity contribution is 0.457. The number of nitrogens with one attached hydrogen (secondary N) is 1. The van der Waals surface area contributed by atoms with Crippen molar-refractivity contribution in [3.63, 3.8) is 0 Å². The van der Waals surface area contributed by atoms with Crippen molar-refractivity contribution in [3.05, 3.63) is 0 Å². The number of rotatable bonds is 1. The molecule has 0 unspecified atom stereocenters. The first-order valence-electron chi connectivity index (χ1n) is 5.66. The van der Waals surface area contributed by atoms with Crippen LogP contribution in [0.25, 0.3) is 0 Å². The molecule has 0 aromatic heterocycles. The lowest BCUT2D eigenvalue weighted by atomic mass is 10.0. The lowest BCUT2D eigenvalue weighted by Crippen LogP contribution is -2.37. The molecule has 0 aromatic rings. The van der Waals surface area contributed by atoms with Crippen molar-refractivity contribution in [1.82, 2.24) is 5.32 Å². The second-order valence-electron chi connectivity index (χ2n) is 6.58. The van der Waals surface area contributed by atoms with Crippen molar-refractivity contribution in [2.75, 3.05) is 5.75 Å². The summed E-state index contributed by atoms with van der Waals surface area (Å²) in [5.74, 6) is 1.12. The fourth-order valence-corrected chi connectivity index (χ4v) is 3.38. The molecule has 2 aliphatic rings. The third-order valence-corrected chi connectivity index (χ3v) is 5.55. The van der Waals surface area contributed by atoms with Gasteiger partial charge in [0.25, 0.3) is 0 Å². The van der Waals surface area contributed by atoms with E-state index in [0.717, 1.165) is 10.9 Å². The highest BCUT2D eigenvalue weighted by Gasteiger charge is 2.65. The van der Waals surface area contributed by atoms with Gasteiger partial charge in [-0.2, -0.15) is 0 Å². The summed E-state index contributed by atoms with van der Waals surface area (Å²) in [4.78, 5) is 4.86. The predicted molar refractivity (Wildman–Crippen MR) is 68.5 cm³/mol. The number of thioether (sulfide) groups is 1. The van der Waals surface area contributed by atoms with E-state index in [4.69, 9.17) is 4.99 Å². The van der Waals surface area contributed by atoms with Crippen molar-refractivity contribution in [2.45, 2.75) is 53.1 Å². The average Bonchev–Trinajstić information content (AvgIpc) is 2.44. The van der Waals surface area contributed by atoms with E-state index in [-0.39, 0.29) is 5.54 Å². The summed E-state index contributed by atoms with van der Waals surface area (Å²) in [5, 5.41) is 4.63. The van der Waals surface area contributed by atoms with Crippen molar-refractivity contribution in [1.29, 1.82) is 0 Å². The maximum atomic E-state index is 4.86. The van der Waals surface area contributed by atoms with Gasteiger partial charge in [-0.25, -0.2) is 0 Å². The minimum absolute atomic E-state index is 0.215. The molecule has 3 heteroatoms. The Morgan fingerprint density at radius 2 is 1.67 bits per heavy atom. The van der Waals surface area contributed by atoms with E-state index in [9.17, 15) is 0 Å². The molecule has 1 saturated carbocycles. The fourth-order valence-electron chi connectivity index (χ4n) is 2.28. The molecule has 1 N–H and O–H groups in total. The van der Waals surface area contributed by atoms with Crippen LogP contribution in [0.5, 0.6) is 0 Å². The molecule has 2 fully saturated rings. The Morgan fingerprint density at radius 1 is 1.13 bits per heavy atom. The zero-order chi connectivity index (χ0) is 11.5. The van der Waals surface area contributed by atoms with Crippen LogP contribution in [0.1, 0.15) is 41.5 Å². The number of aliphatic imine (C=N–C) groups is 1. The summed E-state index contributed by atoms with van der Waals surface area (Å²) in [7, 11) is 0. The molecule has 1 aliphatic heterocycles. The molecule has 1 saturated heterocycles. The third-order valence-electron chi connectivity index (χ3n) is 4.21. The van der Waals surface area contributed by atoms with E-state index < -0.39 is 0 Å². The van der Waals surface area contributed by atoms with Gasteiger partial charge in [-0.05, 0) is 24.7 Å². The molecule has 0 radical (unpaired) electrons. The number of hydrogen-bond acceptors (Lipinski definition) is 2. The highest BCUT2D eigenvalue weighted by atomic mass is 32.2. The van der Waals surface area contributed by atoms with Crippen molar-refractivity contribution < 1.29 is 0 Å². The van der Waals surface area contributed by atoms with Gasteiger partial charge in [0, 0.05) is 11.3 Å². The lowest BCUT2D eigenvalue weighted by Gasteiger charge is -2.15. The Labute approximate surface area is 97.3 Å². The minimum atomic E-state index is 0.215. The van der Waals surface area contributed by atoms with E-state index >= 15 is 0 Å². The quantitative estimate of drug-likeness (QED) is 0.743. The minimum Gasteiger partial charge on any atom is -0.359 e. The fraction of sp³-hybridized carbons (Fsp3) is 0.917. The maximum Gasteiger partial charge on any atom is 0.157 e. The maximum absolute atomic E-state index is 4.86. The summed E-state index contributed by atoms with van der Waals surface area (Å²) in [5.41, 5.74) is 0.927. The summed E-state index contributed by atoms with van der Waals surface area (Å²) >= 11 is 1.86. The third kappa shape index (κ3) is 1.69. The van der Waals surface area contributed by atoms with Crippen molar-refractivity contribution in [2.24, 2.45) is 15.8 Å². The molecule has 0 aromatic carbocycles.